The number of aromatic nitrogens is 4. The van der Waals surface area contributed by atoms with Crippen LogP contribution in [0.5, 0.6) is 0 Å². The number of likely N-dealkylation sites (tertiary alicyclic amines) is 1. The minimum absolute atomic E-state index is 0.0907. The van der Waals surface area contributed by atoms with Crippen molar-refractivity contribution in [3.63, 3.8) is 0 Å². The van der Waals surface area contributed by atoms with E-state index in [0.717, 1.165) is 24.2 Å². The zero-order chi connectivity index (χ0) is 28.0. The molecule has 4 aromatic rings. The van der Waals surface area contributed by atoms with E-state index < -0.39 is 11.6 Å². The Labute approximate surface area is 231 Å². The third kappa shape index (κ3) is 5.01. The predicted octanol–water partition coefficient (Wildman–Crippen LogP) is 4.96. The zero-order valence-electron chi connectivity index (χ0n) is 22.6. The van der Waals surface area contributed by atoms with E-state index in [9.17, 15) is 14.0 Å². The molecule has 1 aliphatic carbocycles. The van der Waals surface area contributed by atoms with E-state index in [1.807, 2.05) is 34.9 Å². The summed E-state index contributed by atoms with van der Waals surface area (Å²) in [6.07, 6.45) is 9.07. The molecule has 1 saturated heterocycles. The average molecular weight is 542 g/mol. The monoisotopic (exact) mass is 541 g/mol. The van der Waals surface area contributed by atoms with Crippen molar-refractivity contribution in [1.29, 1.82) is 0 Å². The number of rotatable bonds is 6. The van der Waals surface area contributed by atoms with E-state index in [1.165, 1.54) is 32.3 Å². The van der Waals surface area contributed by atoms with Gasteiger partial charge >= 0.3 is 0 Å². The molecule has 6 rings (SSSR count). The van der Waals surface area contributed by atoms with Crippen LogP contribution in [0.3, 0.4) is 0 Å². The maximum absolute atomic E-state index is 14.4. The normalized spacial score (nSPS) is 17.7. The summed E-state index contributed by atoms with van der Waals surface area (Å²) in [5.74, 6) is 1.34. The van der Waals surface area contributed by atoms with E-state index in [1.54, 1.807) is 29.4 Å². The fraction of sp³-hybridized carbons (Fsp3) is 0.367. The van der Waals surface area contributed by atoms with Crippen molar-refractivity contribution in [2.24, 2.45) is 0 Å². The summed E-state index contributed by atoms with van der Waals surface area (Å²) in [5, 5.41) is 2.89. The number of alkyl halides is 1. The fourth-order valence-corrected chi connectivity index (χ4v) is 5.48. The standard InChI is InChI=1S/C30H32FN7O2/c1-30(2,31)29(40)37-14-3-4-22(17-37)27-36-24(25-26(32)34-13-15-38(25)27)19-7-9-20(10-8-19)28(39)35-23-16-21(11-12-33-23)18-5-6-18/h7-13,15-16,18,22H,3-6,14,17H2,1-2H3,(H2,32,34)(H,33,35,39)/t22-/m1/s1. The largest absolute Gasteiger partial charge is 0.382 e. The van der Waals surface area contributed by atoms with Crippen LogP contribution in [0.25, 0.3) is 16.8 Å². The number of piperidine rings is 1. The lowest BCUT2D eigenvalue weighted by molar-refractivity contribution is -0.143. The summed E-state index contributed by atoms with van der Waals surface area (Å²) in [6, 6.07) is 11.1. The van der Waals surface area contributed by atoms with Gasteiger partial charge in [0.2, 0.25) is 0 Å². The number of fused-ring (bicyclic) bond motifs is 1. The van der Waals surface area contributed by atoms with Gasteiger partial charge in [-0.3, -0.25) is 14.0 Å². The molecule has 1 atom stereocenters. The smallest absolute Gasteiger partial charge is 0.259 e. The van der Waals surface area contributed by atoms with Crippen LogP contribution in [0.4, 0.5) is 16.0 Å². The molecule has 40 heavy (non-hydrogen) atoms. The highest BCUT2D eigenvalue weighted by molar-refractivity contribution is 6.04. The summed E-state index contributed by atoms with van der Waals surface area (Å²) in [4.78, 5) is 40.7. The first-order valence-electron chi connectivity index (χ1n) is 13.7. The Kier molecular flexibility index (Phi) is 6.48. The van der Waals surface area contributed by atoms with Crippen molar-refractivity contribution in [3.05, 3.63) is 71.9 Å². The third-order valence-corrected chi connectivity index (χ3v) is 7.69. The number of imidazole rings is 1. The molecule has 0 radical (unpaired) electrons. The third-order valence-electron chi connectivity index (χ3n) is 7.69. The van der Waals surface area contributed by atoms with Gasteiger partial charge in [0.05, 0.1) is 0 Å². The molecule has 0 bridgehead atoms. The van der Waals surface area contributed by atoms with Gasteiger partial charge in [-0.15, -0.1) is 0 Å². The Bertz CT molecular complexity index is 1590. The second kappa shape index (κ2) is 10.0. The van der Waals surface area contributed by atoms with Gasteiger partial charge in [0, 0.05) is 48.7 Å². The molecule has 0 unspecified atom stereocenters. The number of carbonyl (C=O) groups excluding carboxylic acids is 2. The number of halogens is 1. The molecule has 2 aliphatic rings. The first-order valence-corrected chi connectivity index (χ1v) is 13.7. The second-order valence-electron chi connectivity index (χ2n) is 11.2. The molecule has 10 heteroatoms. The van der Waals surface area contributed by atoms with E-state index in [0.29, 0.717) is 47.4 Å². The summed E-state index contributed by atoms with van der Waals surface area (Å²) in [7, 11) is 0. The first kappa shape index (κ1) is 25.9. The molecule has 9 nitrogen and oxygen atoms in total. The van der Waals surface area contributed by atoms with Crippen molar-refractivity contribution in [2.45, 2.75) is 57.0 Å². The molecule has 3 N–H and O–H groups in total. The molecule has 0 spiro atoms. The SMILES string of the molecule is CC(C)(F)C(=O)N1CCC[C@@H](c2nc(-c3ccc(C(=O)Nc4cc(C5CC5)ccn4)cc3)c3c(N)nccn23)C1. The molecule has 3 aromatic heterocycles. The molecule has 2 fully saturated rings. The van der Waals surface area contributed by atoms with Gasteiger partial charge in [0.25, 0.3) is 11.8 Å². The van der Waals surface area contributed by atoms with Crippen molar-refractivity contribution in [2.75, 3.05) is 24.1 Å². The van der Waals surface area contributed by atoms with Crippen LogP contribution in [0.1, 0.15) is 73.1 Å². The lowest BCUT2D eigenvalue weighted by Crippen LogP contribution is -2.47. The summed E-state index contributed by atoms with van der Waals surface area (Å²) < 4.78 is 16.3. The van der Waals surface area contributed by atoms with Gasteiger partial charge in [-0.2, -0.15) is 0 Å². The number of nitrogens with zero attached hydrogens (tertiary/aromatic N) is 5. The van der Waals surface area contributed by atoms with Gasteiger partial charge < -0.3 is 16.0 Å². The quantitative estimate of drug-likeness (QED) is 0.356. The Morgan fingerprint density at radius 2 is 1.82 bits per heavy atom. The van der Waals surface area contributed by atoms with Crippen LogP contribution in [0.15, 0.2) is 55.0 Å². The van der Waals surface area contributed by atoms with Gasteiger partial charge in [-0.25, -0.2) is 19.3 Å². The number of anilines is 2. The van der Waals surface area contributed by atoms with Gasteiger partial charge in [0.15, 0.2) is 5.67 Å². The van der Waals surface area contributed by atoms with Crippen molar-refractivity contribution in [3.8, 4) is 11.3 Å². The van der Waals surface area contributed by atoms with Crippen LogP contribution >= 0.6 is 0 Å². The van der Waals surface area contributed by atoms with Crippen molar-refractivity contribution >= 4 is 29.0 Å². The molecule has 1 aromatic carbocycles. The number of pyridine rings is 1. The van der Waals surface area contributed by atoms with Crippen LogP contribution in [-0.2, 0) is 4.79 Å². The number of carbonyl (C=O) groups is 2. The number of amides is 2. The summed E-state index contributed by atoms with van der Waals surface area (Å²) >= 11 is 0. The summed E-state index contributed by atoms with van der Waals surface area (Å²) in [6.45, 7) is 3.48. The van der Waals surface area contributed by atoms with Gasteiger partial charge in [0.1, 0.15) is 28.7 Å². The zero-order valence-corrected chi connectivity index (χ0v) is 22.6. The second-order valence-corrected chi connectivity index (χ2v) is 11.2. The lowest BCUT2D eigenvalue weighted by atomic mass is 9.95. The van der Waals surface area contributed by atoms with Crippen LogP contribution in [0, 0.1) is 0 Å². The van der Waals surface area contributed by atoms with Gasteiger partial charge in [-0.05, 0) is 75.3 Å². The highest BCUT2D eigenvalue weighted by atomic mass is 19.1. The topological polar surface area (TPSA) is 119 Å². The Hall–Kier alpha value is -4.34. The lowest BCUT2D eigenvalue weighted by Gasteiger charge is -2.34. The molecule has 4 heterocycles. The van der Waals surface area contributed by atoms with E-state index in [-0.39, 0.29) is 11.8 Å². The van der Waals surface area contributed by atoms with E-state index in [2.05, 4.69) is 15.3 Å². The van der Waals surface area contributed by atoms with Crippen LogP contribution < -0.4 is 11.1 Å². The van der Waals surface area contributed by atoms with Crippen LogP contribution in [0.2, 0.25) is 0 Å². The van der Waals surface area contributed by atoms with Crippen molar-refractivity contribution in [1.82, 2.24) is 24.3 Å². The Balaban J connectivity index is 1.27. The molecule has 2 amide bonds. The fourth-order valence-electron chi connectivity index (χ4n) is 5.48. The highest BCUT2D eigenvalue weighted by Gasteiger charge is 2.36. The molecular formula is C30H32FN7O2. The predicted molar refractivity (Wildman–Crippen MR) is 151 cm³/mol. The molecule has 206 valence electrons. The minimum atomic E-state index is -1.93. The number of nitrogens with one attached hydrogen (secondary N) is 1. The Morgan fingerprint density at radius 3 is 2.55 bits per heavy atom. The van der Waals surface area contributed by atoms with Gasteiger partial charge in [-0.1, -0.05) is 12.1 Å². The van der Waals surface area contributed by atoms with E-state index >= 15 is 0 Å². The number of hydrogen-bond donors (Lipinski definition) is 2. The average Bonchev–Trinajstić information content (AvgIpc) is 3.73. The number of hydrogen-bond acceptors (Lipinski definition) is 6. The Morgan fingerprint density at radius 1 is 1.05 bits per heavy atom. The van der Waals surface area contributed by atoms with Crippen LogP contribution in [-0.4, -0.2) is 54.8 Å². The molecule has 1 saturated carbocycles. The number of nitrogen functional groups attached to an aromatic ring is 1. The molecule has 1 aliphatic heterocycles. The highest BCUT2D eigenvalue weighted by Crippen LogP contribution is 2.40. The van der Waals surface area contributed by atoms with E-state index in [4.69, 9.17) is 10.7 Å². The minimum Gasteiger partial charge on any atom is -0.382 e. The maximum Gasteiger partial charge on any atom is 0.259 e. The number of benzene rings is 1. The number of nitrogens with two attached hydrogens (primary N) is 1. The summed E-state index contributed by atoms with van der Waals surface area (Å²) in [5.41, 5.74) is 8.16. The molecular weight excluding hydrogens is 509 g/mol. The maximum atomic E-state index is 14.4. The van der Waals surface area contributed by atoms with Crippen molar-refractivity contribution < 1.29 is 14.0 Å². The first-order chi connectivity index (χ1) is 19.2.